The number of carbonyl (C=O) groups is 4. The first-order chi connectivity index (χ1) is 23.3. The number of Topliss-reactive ketones (excluding diaryl/α,β-unsaturated/α-hetero) is 2. The van der Waals surface area contributed by atoms with Crippen LogP contribution >= 0.6 is 0 Å². The fourth-order valence-electron chi connectivity index (χ4n) is 12.0. The van der Waals surface area contributed by atoms with Crippen LogP contribution in [0.4, 0.5) is 0 Å². The number of hydrogen-bond acceptors (Lipinski definition) is 9. The zero-order chi connectivity index (χ0) is 34.4. The molecule has 4 bridgehead atoms. The quantitative estimate of drug-likeness (QED) is 0.457. The first-order valence-electron chi connectivity index (χ1n) is 17.8. The van der Waals surface area contributed by atoms with E-state index in [1.807, 2.05) is 19.9 Å². The zero-order valence-electron chi connectivity index (χ0n) is 28.9. The van der Waals surface area contributed by atoms with Gasteiger partial charge in [-0.3, -0.25) is 24.1 Å². The number of carbonyl (C=O) groups excluding carboxylic acids is 4. The number of ether oxygens (including phenoxy) is 3. The third-order valence-electron chi connectivity index (χ3n) is 13.9. The highest BCUT2D eigenvalue weighted by Gasteiger charge is 2.75. The van der Waals surface area contributed by atoms with Gasteiger partial charge in [-0.15, -0.1) is 0 Å². The number of rotatable bonds is 1. The van der Waals surface area contributed by atoms with Crippen LogP contribution in [0.25, 0.3) is 0 Å². The maximum Gasteiger partial charge on any atom is 0.303 e. The van der Waals surface area contributed by atoms with Crippen LogP contribution in [-0.2, 0) is 47.6 Å². The second kappa shape index (κ2) is 9.94. The summed E-state index contributed by atoms with van der Waals surface area (Å²) in [5.74, 6) is 1.61. The number of ketones is 2. The van der Waals surface area contributed by atoms with Crippen molar-refractivity contribution in [1.82, 2.24) is 9.80 Å². The van der Waals surface area contributed by atoms with E-state index < -0.39 is 34.2 Å². The molecule has 1 N–H and O–H groups in total. The molecule has 2 saturated heterocycles. The number of amides is 1. The number of aryl methyl sites for hydroxylation is 2. The van der Waals surface area contributed by atoms with Crippen molar-refractivity contribution in [3.63, 3.8) is 0 Å². The lowest BCUT2D eigenvalue weighted by Crippen LogP contribution is -2.77. The van der Waals surface area contributed by atoms with Gasteiger partial charge in [0.1, 0.15) is 17.1 Å². The van der Waals surface area contributed by atoms with Gasteiger partial charge in [-0.25, -0.2) is 0 Å². The molecule has 8 atom stereocenters. The van der Waals surface area contributed by atoms with Gasteiger partial charge in [-0.05, 0) is 88.2 Å². The Balaban J connectivity index is 0.000000133. The Kier molecular flexibility index (Phi) is 6.33. The Bertz CT molecular complexity index is 1890. The van der Waals surface area contributed by atoms with E-state index in [2.05, 4.69) is 30.1 Å². The molecule has 0 radical (unpaired) electrons. The van der Waals surface area contributed by atoms with Crippen molar-refractivity contribution in [2.24, 2.45) is 0 Å². The van der Waals surface area contributed by atoms with Gasteiger partial charge in [0.25, 0.3) is 0 Å². The minimum atomic E-state index is -1.08. The minimum absolute atomic E-state index is 0.00794. The van der Waals surface area contributed by atoms with Gasteiger partial charge in [0.2, 0.25) is 5.91 Å². The Labute approximate surface area is 286 Å². The number of hydrogen-bond donors (Lipinski definition) is 1. The lowest BCUT2D eigenvalue weighted by atomic mass is 9.49. The van der Waals surface area contributed by atoms with Gasteiger partial charge in [0.05, 0.1) is 28.5 Å². The molecule has 1 amide bonds. The molecule has 0 unspecified atom stereocenters. The number of likely N-dealkylation sites (tertiary alicyclic amines) is 2. The van der Waals surface area contributed by atoms with E-state index in [4.69, 9.17) is 14.2 Å². The van der Waals surface area contributed by atoms with Crippen molar-refractivity contribution in [2.45, 2.75) is 125 Å². The maximum absolute atomic E-state index is 12.9. The molecule has 10 heteroatoms. The van der Waals surface area contributed by atoms with E-state index >= 15 is 0 Å². The van der Waals surface area contributed by atoms with Crippen molar-refractivity contribution in [1.29, 1.82) is 0 Å². The topological polar surface area (TPSA) is 123 Å². The van der Waals surface area contributed by atoms with E-state index in [0.29, 0.717) is 45.1 Å². The van der Waals surface area contributed by atoms with E-state index in [0.717, 1.165) is 58.7 Å². The number of likely N-dealkylation sites (N-methyl/N-ethyl adjacent to an activating group) is 1. The summed E-state index contributed by atoms with van der Waals surface area (Å²) in [6, 6.07) is 8.17. The van der Waals surface area contributed by atoms with Crippen LogP contribution in [0.3, 0.4) is 0 Å². The molecule has 2 aromatic rings. The number of piperidine rings is 2. The fourth-order valence-corrected chi connectivity index (χ4v) is 12.0. The SMILES string of the molecule is CC(=O)N1CC[C@]23c4c5ccc(C)c4O[C@H]2C(=O)CC[C@@]3(O)[C@H]1C5.CC(=O)O[C@@]12CCC(=O)[C@@H]3Oc4c(C)ccc5c4[C@@]31CCN(C)[C@@H]2C5. The van der Waals surface area contributed by atoms with Crippen LogP contribution in [0.5, 0.6) is 11.5 Å². The van der Waals surface area contributed by atoms with E-state index in [1.54, 1.807) is 11.8 Å². The van der Waals surface area contributed by atoms with E-state index in [1.165, 1.54) is 12.5 Å². The van der Waals surface area contributed by atoms with Crippen molar-refractivity contribution in [3.05, 3.63) is 57.6 Å². The van der Waals surface area contributed by atoms with Gasteiger partial charge in [0, 0.05) is 44.4 Å². The van der Waals surface area contributed by atoms with E-state index in [-0.39, 0.29) is 35.5 Å². The molecular weight excluding hydrogens is 624 g/mol. The van der Waals surface area contributed by atoms with E-state index in [9.17, 15) is 24.3 Å². The Morgan fingerprint density at radius 3 is 1.96 bits per heavy atom. The average Bonchev–Trinajstić information content (AvgIpc) is 3.60. The largest absolute Gasteiger partial charge is 0.481 e. The summed E-state index contributed by atoms with van der Waals surface area (Å²) in [5, 5.41) is 11.8. The lowest BCUT2D eigenvalue weighted by molar-refractivity contribution is -0.211. The molecule has 4 aliphatic carbocycles. The van der Waals surface area contributed by atoms with Crippen molar-refractivity contribution < 1.29 is 38.5 Å². The molecule has 2 aromatic carbocycles. The summed E-state index contributed by atoms with van der Waals surface area (Å²) < 4.78 is 18.6. The fraction of sp³-hybridized carbons (Fsp3) is 0.590. The molecule has 10 nitrogen and oxygen atoms in total. The summed E-state index contributed by atoms with van der Waals surface area (Å²) in [4.78, 5) is 53.9. The van der Waals surface area contributed by atoms with Crippen LogP contribution in [-0.4, -0.2) is 94.0 Å². The molecule has 258 valence electrons. The van der Waals surface area contributed by atoms with Crippen molar-refractivity contribution in [2.75, 3.05) is 20.1 Å². The first-order valence-corrected chi connectivity index (χ1v) is 17.8. The number of aliphatic hydroxyl groups is 1. The Morgan fingerprint density at radius 2 is 1.35 bits per heavy atom. The second-order valence-corrected chi connectivity index (χ2v) is 15.9. The number of nitrogens with zero attached hydrogens (tertiary/aromatic N) is 2. The van der Waals surface area contributed by atoms with Gasteiger partial charge in [-0.1, -0.05) is 24.3 Å². The third-order valence-corrected chi connectivity index (χ3v) is 13.9. The smallest absolute Gasteiger partial charge is 0.303 e. The summed E-state index contributed by atoms with van der Waals surface area (Å²) in [6.07, 6.45) is 3.42. The van der Waals surface area contributed by atoms with Gasteiger partial charge in [0.15, 0.2) is 23.8 Å². The van der Waals surface area contributed by atoms with Gasteiger partial charge in [-0.2, -0.15) is 0 Å². The number of esters is 1. The summed E-state index contributed by atoms with van der Waals surface area (Å²) in [5.41, 5.74) is 3.67. The van der Waals surface area contributed by atoms with Crippen LogP contribution in [0, 0.1) is 13.8 Å². The third kappa shape index (κ3) is 3.54. The predicted molar refractivity (Wildman–Crippen MR) is 177 cm³/mol. The normalized spacial score (nSPS) is 38.4. The van der Waals surface area contributed by atoms with Crippen molar-refractivity contribution in [3.8, 4) is 11.5 Å². The standard InChI is InChI=1S/C20H23NO4.C19H21NO4/c1-11-4-5-13-10-15-20(25-12(2)22)7-6-14(23)18-19(20,8-9-21(15)3)16(13)17(11)24-18;1-10-3-4-12-9-14-19(23)6-5-13(22)17-18(19,15(12)16(10)24-17)7-8-20(14)11(2)21/h4-5,15,18H,6-10H2,1-3H3;3-4,14,17,23H,5-9H2,1-2H3/t15-,18+,19+,20-;14-,17+,18+,19-/m11/s1. The molecule has 0 aromatic heterocycles. The molecule has 4 aliphatic heterocycles. The highest BCUT2D eigenvalue weighted by molar-refractivity contribution is 5.91. The highest BCUT2D eigenvalue weighted by atomic mass is 16.6. The second-order valence-electron chi connectivity index (χ2n) is 15.9. The van der Waals surface area contributed by atoms with Crippen LogP contribution in [0.1, 0.15) is 85.8 Å². The molecule has 10 rings (SSSR count). The predicted octanol–water partition coefficient (Wildman–Crippen LogP) is 3.18. The van der Waals surface area contributed by atoms with Crippen LogP contribution < -0.4 is 9.47 Å². The maximum atomic E-state index is 12.9. The molecule has 2 saturated carbocycles. The molecule has 49 heavy (non-hydrogen) atoms. The minimum Gasteiger partial charge on any atom is -0.481 e. The summed E-state index contributed by atoms with van der Waals surface area (Å²) in [7, 11) is 2.10. The van der Waals surface area contributed by atoms with Crippen molar-refractivity contribution >= 4 is 23.4 Å². The van der Waals surface area contributed by atoms with Gasteiger partial charge >= 0.3 is 5.97 Å². The first kappa shape index (κ1) is 31.2. The zero-order valence-corrected chi connectivity index (χ0v) is 28.9. The summed E-state index contributed by atoms with van der Waals surface area (Å²) >= 11 is 0. The van der Waals surface area contributed by atoms with Crippen LogP contribution in [0.2, 0.25) is 0 Å². The average molecular weight is 669 g/mol. The molecular formula is C39H44N2O8. The lowest BCUT2D eigenvalue weighted by Gasteiger charge is -2.63. The molecule has 4 fully saturated rings. The molecule has 2 spiro atoms. The number of benzene rings is 2. The highest BCUT2D eigenvalue weighted by Crippen LogP contribution is 2.66. The van der Waals surface area contributed by atoms with Crippen LogP contribution in [0.15, 0.2) is 24.3 Å². The molecule has 4 heterocycles. The Hall–Kier alpha value is -3.76. The monoisotopic (exact) mass is 668 g/mol. The Morgan fingerprint density at radius 1 is 0.796 bits per heavy atom. The molecule has 8 aliphatic rings. The summed E-state index contributed by atoms with van der Waals surface area (Å²) in [6.45, 7) is 8.52. The van der Waals surface area contributed by atoms with Gasteiger partial charge < -0.3 is 24.2 Å².